The van der Waals surface area contributed by atoms with Crippen molar-refractivity contribution in [1.82, 2.24) is 10.2 Å². The Balaban J connectivity index is 1.68. The molecule has 1 atom stereocenters. The van der Waals surface area contributed by atoms with Crippen molar-refractivity contribution in [3.8, 4) is 0 Å². The number of halogens is 1. The Morgan fingerprint density at radius 3 is 2.85 bits per heavy atom. The standard InChI is InChI=1S/C14H16ClN3OS/c1-14(19,10-4-2-3-5-11(10)15)8-16-13-18-17-12(20-13)9-6-7-9/h2-5,9,19H,6-8H2,1H3,(H,16,18). The molecule has 0 radical (unpaired) electrons. The van der Waals surface area contributed by atoms with Crippen LogP contribution in [-0.4, -0.2) is 21.8 Å². The molecule has 1 fully saturated rings. The minimum Gasteiger partial charge on any atom is -0.384 e. The number of hydrogen-bond acceptors (Lipinski definition) is 5. The van der Waals surface area contributed by atoms with E-state index in [4.69, 9.17) is 11.6 Å². The van der Waals surface area contributed by atoms with Gasteiger partial charge in [-0.1, -0.05) is 41.1 Å². The molecule has 1 unspecified atom stereocenters. The SMILES string of the molecule is CC(O)(CNc1nnc(C2CC2)s1)c1ccccc1Cl. The van der Waals surface area contributed by atoms with Gasteiger partial charge >= 0.3 is 0 Å². The van der Waals surface area contributed by atoms with Crippen molar-refractivity contribution >= 4 is 28.1 Å². The highest BCUT2D eigenvalue weighted by molar-refractivity contribution is 7.15. The molecule has 1 heterocycles. The Morgan fingerprint density at radius 2 is 2.15 bits per heavy atom. The Labute approximate surface area is 126 Å². The molecule has 0 aliphatic heterocycles. The van der Waals surface area contributed by atoms with Gasteiger partial charge < -0.3 is 10.4 Å². The average molecular weight is 310 g/mol. The molecular formula is C14H16ClN3OS. The van der Waals surface area contributed by atoms with Gasteiger partial charge in [0.05, 0.1) is 0 Å². The van der Waals surface area contributed by atoms with Gasteiger partial charge in [0.15, 0.2) is 0 Å². The first-order valence-electron chi connectivity index (χ1n) is 6.61. The van der Waals surface area contributed by atoms with Gasteiger partial charge in [-0.3, -0.25) is 0 Å². The molecule has 20 heavy (non-hydrogen) atoms. The fourth-order valence-electron chi connectivity index (χ4n) is 2.04. The summed E-state index contributed by atoms with van der Waals surface area (Å²) < 4.78 is 0. The highest BCUT2D eigenvalue weighted by atomic mass is 35.5. The monoisotopic (exact) mass is 309 g/mol. The second-order valence-corrected chi connectivity index (χ2v) is 6.74. The lowest BCUT2D eigenvalue weighted by molar-refractivity contribution is 0.0716. The van der Waals surface area contributed by atoms with E-state index < -0.39 is 5.60 Å². The van der Waals surface area contributed by atoms with Gasteiger partial charge in [0.1, 0.15) is 10.6 Å². The van der Waals surface area contributed by atoms with Gasteiger partial charge in [-0.15, -0.1) is 10.2 Å². The predicted octanol–water partition coefficient (Wildman–Crippen LogP) is 3.39. The third-order valence-electron chi connectivity index (χ3n) is 3.41. The molecule has 0 bridgehead atoms. The van der Waals surface area contributed by atoms with Crippen LogP contribution in [0.15, 0.2) is 24.3 Å². The van der Waals surface area contributed by atoms with Crippen LogP contribution in [0.5, 0.6) is 0 Å². The lowest BCUT2D eigenvalue weighted by Gasteiger charge is -2.24. The van der Waals surface area contributed by atoms with E-state index in [0.717, 1.165) is 10.1 Å². The van der Waals surface area contributed by atoms with Crippen molar-refractivity contribution in [2.24, 2.45) is 0 Å². The Hall–Kier alpha value is -1.17. The van der Waals surface area contributed by atoms with E-state index in [1.807, 2.05) is 18.2 Å². The normalized spacial score (nSPS) is 17.8. The number of aromatic nitrogens is 2. The van der Waals surface area contributed by atoms with Crippen molar-refractivity contribution < 1.29 is 5.11 Å². The summed E-state index contributed by atoms with van der Waals surface area (Å²) in [5, 5.41) is 24.4. The quantitative estimate of drug-likeness (QED) is 0.889. The summed E-state index contributed by atoms with van der Waals surface area (Å²) in [6.07, 6.45) is 2.43. The smallest absolute Gasteiger partial charge is 0.205 e. The first-order valence-corrected chi connectivity index (χ1v) is 7.80. The molecule has 3 rings (SSSR count). The number of rotatable bonds is 5. The second-order valence-electron chi connectivity index (χ2n) is 5.33. The zero-order chi connectivity index (χ0) is 14.2. The number of anilines is 1. The summed E-state index contributed by atoms with van der Waals surface area (Å²) in [6, 6.07) is 7.33. The molecule has 1 saturated carbocycles. The summed E-state index contributed by atoms with van der Waals surface area (Å²) in [5.41, 5.74) is -0.342. The van der Waals surface area contributed by atoms with E-state index in [1.165, 1.54) is 12.8 Å². The molecule has 2 N–H and O–H groups in total. The van der Waals surface area contributed by atoms with Gasteiger partial charge in [0, 0.05) is 23.0 Å². The lowest BCUT2D eigenvalue weighted by Crippen LogP contribution is -2.31. The number of benzene rings is 1. The molecule has 0 saturated heterocycles. The van der Waals surface area contributed by atoms with Crippen LogP contribution in [0.4, 0.5) is 5.13 Å². The molecule has 1 aliphatic rings. The van der Waals surface area contributed by atoms with E-state index >= 15 is 0 Å². The molecule has 6 heteroatoms. The first kappa shape index (κ1) is 13.8. The summed E-state index contributed by atoms with van der Waals surface area (Å²) in [7, 11) is 0. The van der Waals surface area contributed by atoms with Crippen molar-refractivity contribution in [3.05, 3.63) is 39.9 Å². The molecule has 2 aromatic rings. The Kier molecular flexibility index (Phi) is 3.67. The van der Waals surface area contributed by atoms with Crippen LogP contribution in [0.1, 0.15) is 36.3 Å². The molecule has 1 aliphatic carbocycles. The van der Waals surface area contributed by atoms with Crippen molar-refractivity contribution in [2.45, 2.75) is 31.3 Å². The van der Waals surface area contributed by atoms with E-state index in [1.54, 1.807) is 24.3 Å². The van der Waals surface area contributed by atoms with Gasteiger partial charge in [-0.25, -0.2) is 0 Å². The summed E-state index contributed by atoms with van der Waals surface area (Å²) in [4.78, 5) is 0. The number of nitrogens with zero attached hydrogens (tertiary/aromatic N) is 2. The summed E-state index contributed by atoms with van der Waals surface area (Å²) in [6.45, 7) is 2.08. The topological polar surface area (TPSA) is 58.0 Å². The molecule has 0 spiro atoms. The third kappa shape index (κ3) is 2.95. The van der Waals surface area contributed by atoms with Gasteiger partial charge in [-0.05, 0) is 25.8 Å². The van der Waals surface area contributed by atoms with Gasteiger partial charge in [0.25, 0.3) is 0 Å². The van der Waals surface area contributed by atoms with E-state index in [0.29, 0.717) is 23.0 Å². The number of nitrogens with one attached hydrogen (secondary N) is 1. The van der Waals surface area contributed by atoms with Crippen LogP contribution in [-0.2, 0) is 5.60 Å². The van der Waals surface area contributed by atoms with Crippen LogP contribution in [0.2, 0.25) is 5.02 Å². The summed E-state index contributed by atoms with van der Waals surface area (Å²) in [5.74, 6) is 0.604. The molecule has 0 amide bonds. The maximum atomic E-state index is 10.6. The zero-order valence-electron chi connectivity index (χ0n) is 11.1. The van der Waals surface area contributed by atoms with E-state index in [9.17, 15) is 5.11 Å². The predicted molar refractivity (Wildman–Crippen MR) is 81.4 cm³/mol. The zero-order valence-corrected chi connectivity index (χ0v) is 12.7. The first-order chi connectivity index (χ1) is 9.56. The summed E-state index contributed by atoms with van der Waals surface area (Å²) >= 11 is 7.70. The maximum absolute atomic E-state index is 10.6. The highest BCUT2D eigenvalue weighted by Crippen LogP contribution is 2.42. The highest BCUT2D eigenvalue weighted by Gasteiger charge is 2.29. The second kappa shape index (κ2) is 5.31. The Bertz CT molecular complexity index is 610. The van der Waals surface area contributed by atoms with Crippen LogP contribution in [0.25, 0.3) is 0 Å². The molecule has 1 aromatic heterocycles. The van der Waals surface area contributed by atoms with E-state index in [-0.39, 0.29) is 0 Å². The molecule has 4 nitrogen and oxygen atoms in total. The average Bonchev–Trinajstić information content (AvgIpc) is 3.16. The van der Waals surface area contributed by atoms with Crippen LogP contribution in [0.3, 0.4) is 0 Å². The van der Waals surface area contributed by atoms with Crippen molar-refractivity contribution in [3.63, 3.8) is 0 Å². The minimum atomic E-state index is -1.05. The number of aliphatic hydroxyl groups is 1. The van der Waals surface area contributed by atoms with Gasteiger partial charge in [0.2, 0.25) is 5.13 Å². The lowest BCUT2D eigenvalue weighted by atomic mass is 9.96. The molecular weight excluding hydrogens is 294 g/mol. The minimum absolute atomic E-state index is 0.343. The fraction of sp³-hybridized carbons (Fsp3) is 0.429. The van der Waals surface area contributed by atoms with Crippen LogP contribution >= 0.6 is 22.9 Å². The fourth-order valence-corrected chi connectivity index (χ4v) is 3.29. The third-order valence-corrected chi connectivity index (χ3v) is 4.78. The van der Waals surface area contributed by atoms with Crippen molar-refractivity contribution in [1.29, 1.82) is 0 Å². The molecule has 106 valence electrons. The van der Waals surface area contributed by atoms with Crippen LogP contribution in [0, 0.1) is 0 Å². The van der Waals surface area contributed by atoms with Crippen LogP contribution < -0.4 is 5.32 Å². The molecule has 1 aromatic carbocycles. The maximum Gasteiger partial charge on any atom is 0.205 e. The van der Waals surface area contributed by atoms with Gasteiger partial charge in [-0.2, -0.15) is 0 Å². The number of hydrogen-bond donors (Lipinski definition) is 2. The van der Waals surface area contributed by atoms with Crippen molar-refractivity contribution in [2.75, 3.05) is 11.9 Å². The largest absolute Gasteiger partial charge is 0.384 e. The Morgan fingerprint density at radius 1 is 1.40 bits per heavy atom. The van der Waals surface area contributed by atoms with E-state index in [2.05, 4.69) is 15.5 Å².